The Morgan fingerprint density at radius 3 is 1.85 bits per heavy atom. The molecule has 4 rings (SSSR count). The Hall–Kier alpha value is -1.51. The van der Waals surface area contributed by atoms with Gasteiger partial charge in [-0.05, 0) is 39.8 Å². The highest BCUT2D eigenvalue weighted by atomic mass is 16.8. The fraction of sp³-hybridized carbons (Fsp3) is 0.632. The zero-order valence-electron chi connectivity index (χ0n) is 15.2. The Kier molecular flexibility index (Phi) is 4.13. The van der Waals surface area contributed by atoms with Crippen molar-refractivity contribution in [2.75, 3.05) is 0 Å². The van der Waals surface area contributed by atoms with E-state index in [1.54, 1.807) is 52.0 Å². The lowest BCUT2D eigenvalue weighted by molar-refractivity contribution is -0.183. The van der Waals surface area contributed by atoms with Gasteiger partial charge in [0.1, 0.15) is 30.5 Å². The van der Waals surface area contributed by atoms with Gasteiger partial charge >= 0.3 is 5.97 Å². The minimum Gasteiger partial charge on any atom is -0.453 e. The van der Waals surface area contributed by atoms with Crippen LogP contribution in [0.5, 0.6) is 0 Å². The van der Waals surface area contributed by atoms with Crippen LogP contribution in [0.4, 0.5) is 0 Å². The van der Waals surface area contributed by atoms with Crippen molar-refractivity contribution in [2.45, 2.75) is 75.9 Å². The van der Waals surface area contributed by atoms with Crippen LogP contribution in [0, 0.1) is 0 Å². The van der Waals surface area contributed by atoms with Crippen LogP contribution in [-0.2, 0) is 23.7 Å². The van der Waals surface area contributed by atoms with Gasteiger partial charge in [-0.2, -0.15) is 0 Å². The number of hydrogen-bond donors (Lipinski definition) is 1. The summed E-state index contributed by atoms with van der Waals surface area (Å²) < 4.78 is 29.4. The summed E-state index contributed by atoms with van der Waals surface area (Å²) in [7, 11) is 0. The first kappa shape index (κ1) is 17.9. The van der Waals surface area contributed by atoms with E-state index in [0.29, 0.717) is 5.56 Å². The highest BCUT2D eigenvalue weighted by Gasteiger charge is 2.64. The molecule has 0 aromatic heterocycles. The van der Waals surface area contributed by atoms with Crippen LogP contribution in [0.15, 0.2) is 30.3 Å². The Labute approximate surface area is 152 Å². The number of aliphatic hydroxyl groups is 1. The molecule has 26 heavy (non-hydrogen) atoms. The second-order valence-electron chi connectivity index (χ2n) is 7.86. The maximum atomic E-state index is 12.6. The van der Waals surface area contributed by atoms with Crippen molar-refractivity contribution >= 4 is 5.97 Å². The third-order valence-corrected chi connectivity index (χ3v) is 4.90. The van der Waals surface area contributed by atoms with Gasteiger partial charge in [0.05, 0.1) is 5.56 Å². The van der Waals surface area contributed by atoms with Crippen LogP contribution < -0.4 is 0 Å². The third-order valence-electron chi connectivity index (χ3n) is 4.90. The molecule has 1 aliphatic carbocycles. The highest BCUT2D eigenvalue weighted by molar-refractivity contribution is 5.89. The van der Waals surface area contributed by atoms with Crippen LogP contribution in [0.25, 0.3) is 0 Å². The number of esters is 1. The molecule has 2 unspecified atom stereocenters. The molecule has 6 atom stereocenters. The van der Waals surface area contributed by atoms with Crippen molar-refractivity contribution in [1.82, 2.24) is 0 Å². The number of carbonyl (C=O) groups excluding carboxylic acids is 1. The molecule has 142 valence electrons. The van der Waals surface area contributed by atoms with Crippen molar-refractivity contribution < 1.29 is 33.6 Å². The van der Waals surface area contributed by atoms with E-state index >= 15 is 0 Å². The van der Waals surface area contributed by atoms with Gasteiger partial charge in [0.2, 0.25) is 0 Å². The van der Waals surface area contributed by atoms with E-state index in [1.807, 2.05) is 6.07 Å². The van der Waals surface area contributed by atoms with Crippen molar-refractivity contribution in [3.8, 4) is 0 Å². The number of fused-ring (bicyclic) bond motifs is 2. The molecule has 1 aromatic carbocycles. The summed E-state index contributed by atoms with van der Waals surface area (Å²) >= 11 is 0. The standard InChI is InChI=1S/C19H24O7/c1-18(2)23-12-11(20)13-16(26-19(3,4)24-13)14(15(12)25-18)22-17(21)10-8-6-5-7-9-10/h5-9,11-16,20H,1-4H3/t11?,12-,13+,14?,15+,16-. The molecular weight excluding hydrogens is 340 g/mol. The maximum Gasteiger partial charge on any atom is 0.338 e. The number of aliphatic hydroxyl groups excluding tert-OH is 1. The third kappa shape index (κ3) is 3.04. The Morgan fingerprint density at radius 1 is 0.885 bits per heavy atom. The highest BCUT2D eigenvalue weighted by Crippen LogP contribution is 2.45. The minimum absolute atomic E-state index is 0.433. The van der Waals surface area contributed by atoms with Crippen LogP contribution in [0.3, 0.4) is 0 Å². The van der Waals surface area contributed by atoms with Gasteiger partial charge in [0.25, 0.3) is 0 Å². The summed E-state index contributed by atoms with van der Waals surface area (Å²) in [6, 6.07) is 8.72. The van der Waals surface area contributed by atoms with Gasteiger partial charge < -0.3 is 28.8 Å². The van der Waals surface area contributed by atoms with Crippen LogP contribution in [-0.4, -0.2) is 59.3 Å². The number of ether oxygens (including phenoxy) is 5. The second-order valence-corrected chi connectivity index (χ2v) is 7.86. The van der Waals surface area contributed by atoms with Gasteiger partial charge in [0.15, 0.2) is 17.7 Å². The normalized spacial score (nSPS) is 39.9. The summed E-state index contributed by atoms with van der Waals surface area (Å²) in [5, 5.41) is 10.7. The van der Waals surface area contributed by atoms with Crippen molar-refractivity contribution in [3.05, 3.63) is 35.9 Å². The zero-order valence-corrected chi connectivity index (χ0v) is 15.2. The summed E-state index contributed by atoms with van der Waals surface area (Å²) in [5.41, 5.74) is 0.433. The molecule has 2 heterocycles. The molecule has 0 bridgehead atoms. The van der Waals surface area contributed by atoms with Gasteiger partial charge in [0, 0.05) is 0 Å². The first-order valence-corrected chi connectivity index (χ1v) is 8.82. The Morgan fingerprint density at radius 2 is 1.35 bits per heavy atom. The van der Waals surface area contributed by atoms with Crippen LogP contribution in [0.2, 0.25) is 0 Å². The zero-order chi connectivity index (χ0) is 18.7. The topological polar surface area (TPSA) is 83.5 Å². The maximum absolute atomic E-state index is 12.6. The molecule has 3 fully saturated rings. The molecule has 1 aromatic rings. The lowest BCUT2D eigenvalue weighted by Crippen LogP contribution is -2.62. The molecule has 0 radical (unpaired) electrons. The second kappa shape index (κ2) is 6.00. The van der Waals surface area contributed by atoms with Crippen LogP contribution >= 0.6 is 0 Å². The molecule has 3 aliphatic rings. The Balaban J connectivity index is 1.64. The number of hydrogen-bond acceptors (Lipinski definition) is 7. The number of carbonyl (C=O) groups is 1. The van der Waals surface area contributed by atoms with E-state index in [0.717, 1.165) is 0 Å². The van der Waals surface area contributed by atoms with Gasteiger partial charge in [-0.25, -0.2) is 4.79 Å². The minimum atomic E-state index is -0.944. The van der Waals surface area contributed by atoms with Crippen molar-refractivity contribution in [1.29, 1.82) is 0 Å². The Bertz CT molecular complexity index is 654. The lowest BCUT2D eigenvalue weighted by Gasteiger charge is -2.40. The number of benzene rings is 1. The molecule has 1 saturated carbocycles. The molecule has 0 amide bonds. The average Bonchev–Trinajstić information content (AvgIpc) is 3.08. The van der Waals surface area contributed by atoms with E-state index in [1.165, 1.54) is 0 Å². The first-order valence-electron chi connectivity index (χ1n) is 8.82. The van der Waals surface area contributed by atoms with E-state index < -0.39 is 54.2 Å². The largest absolute Gasteiger partial charge is 0.453 e. The van der Waals surface area contributed by atoms with Crippen molar-refractivity contribution in [2.24, 2.45) is 0 Å². The van der Waals surface area contributed by atoms with Gasteiger partial charge in [-0.15, -0.1) is 0 Å². The lowest BCUT2D eigenvalue weighted by atomic mass is 9.85. The van der Waals surface area contributed by atoms with Crippen LogP contribution in [0.1, 0.15) is 38.1 Å². The summed E-state index contributed by atoms with van der Waals surface area (Å²) in [4.78, 5) is 12.6. The molecule has 7 nitrogen and oxygen atoms in total. The first-order chi connectivity index (χ1) is 12.2. The number of rotatable bonds is 2. The predicted molar refractivity (Wildman–Crippen MR) is 89.3 cm³/mol. The van der Waals surface area contributed by atoms with Gasteiger partial charge in [-0.3, -0.25) is 0 Å². The summed E-state index contributed by atoms with van der Waals surface area (Å²) in [5.74, 6) is -2.28. The molecule has 0 spiro atoms. The average molecular weight is 364 g/mol. The fourth-order valence-electron chi connectivity index (χ4n) is 3.94. The predicted octanol–water partition coefficient (Wildman–Crippen LogP) is 1.63. The van der Waals surface area contributed by atoms with E-state index in [2.05, 4.69) is 0 Å². The molecular formula is C19H24O7. The van der Waals surface area contributed by atoms with Gasteiger partial charge in [-0.1, -0.05) is 18.2 Å². The van der Waals surface area contributed by atoms with E-state index in [-0.39, 0.29) is 0 Å². The van der Waals surface area contributed by atoms with E-state index in [4.69, 9.17) is 23.7 Å². The quantitative estimate of drug-likeness (QED) is 0.799. The monoisotopic (exact) mass is 364 g/mol. The fourth-order valence-corrected chi connectivity index (χ4v) is 3.94. The molecule has 1 N–H and O–H groups in total. The SMILES string of the molecule is CC1(C)O[C@@H]2C(O)[C@@H]3OC(C)(C)O[C@H]3C(OC(=O)c3ccccc3)[C@H]2O1. The molecule has 2 saturated heterocycles. The molecule has 7 heteroatoms. The molecule has 2 aliphatic heterocycles. The summed E-state index contributed by atoms with van der Waals surface area (Å²) in [6.45, 7) is 7.04. The summed E-state index contributed by atoms with van der Waals surface area (Å²) in [6.07, 6.45) is -4.34. The smallest absolute Gasteiger partial charge is 0.338 e. The van der Waals surface area contributed by atoms with E-state index in [9.17, 15) is 9.90 Å². The van der Waals surface area contributed by atoms with Crippen molar-refractivity contribution in [3.63, 3.8) is 0 Å².